The third-order valence-corrected chi connectivity index (χ3v) is 2.46. The van der Waals surface area contributed by atoms with Crippen molar-refractivity contribution >= 4 is 5.91 Å². The number of likely N-dealkylation sites (tertiary alicyclic amines) is 1. The van der Waals surface area contributed by atoms with Crippen molar-refractivity contribution in [2.45, 2.75) is 32.2 Å². The zero-order chi connectivity index (χ0) is 9.84. The van der Waals surface area contributed by atoms with Crippen LogP contribution >= 0.6 is 0 Å². The Hall–Kier alpha value is -1.05. The Kier molecular flexibility index (Phi) is 3.29. The highest BCUT2D eigenvalue weighted by Crippen LogP contribution is 2.23. The molecule has 2 nitrogen and oxygen atoms in total. The quantitative estimate of drug-likeness (QED) is 0.608. The van der Waals surface area contributed by atoms with Crippen LogP contribution in [0.25, 0.3) is 0 Å². The van der Waals surface area contributed by atoms with E-state index in [4.69, 9.17) is 0 Å². The van der Waals surface area contributed by atoms with Crippen LogP contribution in [0.5, 0.6) is 0 Å². The molecular weight excluding hydrogens is 162 g/mol. The normalized spacial score (nSPS) is 21.6. The minimum Gasteiger partial charge on any atom is -0.336 e. The highest BCUT2D eigenvalue weighted by molar-refractivity contribution is 5.78. The molecule has 0 aromatic heterocycles. The van der Waals surface area contributed by atoms with Gasteiger partial charge in [-0.3, -0.25) is 4.79 Å². The van der Waals surface area contributed by atoms with Gasteiger partial charge in [-0.15, -0.1) is 6.58 Å². The molecule has 1 aliphatic rings. The number of hydrogen-bond acceptors (Lipinski definition) is 1. The number of carbonyl (C=O) groups is 1. The number of nitrogens with zero attached hydrogens (tertiary/aromatic N) is 1. The third-order valence-electron chi connectivity index (χ3n) is 2.46. The molecule has 0 saturated carbocycles. The second kappa shape index (κ2) is 4.26. The van der Waals surface area contributed by atoms with Crippen LogP contribution in [0.2, 0.25) is 0 Å². The molecule has 0 aromatic rings. The Morgan fingerprint density at radius 3 is 2.92 bits per heavy atom. The maximum absolute atomic E-state index is 11.6. The second-order valence-electron chi connectivity index (χ2n) is 3.58. The highest BCUT2D eigenvalue weighted by atomic mass is 16.2. The van der Waals surface area contributed by atoms with E-state index in [1.165, 1.54) is 0 Å². The number of rotatable bonds is 3. The largest absolute Gasteiger partial charge is 0.336 e. The van der Waals surface area contributed by atoms with Gasteiger partial charge in [-0.1, -0.05) is 18.2 Å². The molecule has 0 aromatic carbocycles. The van der Waals surface area contributed by atoms with E-state index < -0.39 is 0 Å². The summed E-state index contributed by atoms with van der Waals surface area (Å²) in [5, 5.41) is 0. The van der Waals surface area contributed by atoms with Crippen LogP contribution in [-0.4, -0.2) is 23.4 Å². The van der Waals surface area contributed by atoms with Crippen molar-refractivity contribution in [3.8, 4) is 0 Å². The molecule has 1 saturated heterocycles. The van der Waals surface area contributed by atoms with Crippen LogP contribution in [0.1, 0.15) is 26.2 Å². The highest BCUT2D eigenvalue weighted by Gasteiger charge is 2.27. The van der Waals surface area contributed by atoms with Crippen molar-refractivity contribution in [1.82, 2.24) is 4.90 Å². The van der Waals surface area contributed by atoms with Crippen molar-refractivity contribution in [2.75, 3.05) is 6.54 Å². The number of amides is 1. The van der Waals surface area contributed by atoms with E-state index in [0.717, 1.165) is 25.0 Å². The predicted octanol–water partition coefficient (Wildman–Crippen LogP) is 2.13. The zero-order valence-electron chi connectivity index (χ0n) is 8.25. The lowest BCUT2D eigenvalue weighted by atomic mass is 10.1. The fraction of sp³-hybridized carbons (Fsp3) is 0.545. The molecule has 1 heterocycles. The second-order valence-corrected chi connectivity index (χ2v) is 3.58. The van der Waals surface area contributed by atoms with Crippen molar-refractivity contribution in [1.29, 1.82) is 0 Å². The monoisotopic (exact) mass is 179 g/mol. The van der Waals surface area contributed by atoms with Gasteiger partial charge >= 0.3 is 0 Å². The van der Waals surface area contributed by atoms with Gasteiger partial charge in [-0.05, 0) is 19.8 Å². The summed E-state index contributed by atoms with van der Waals surface area (Å²) in [6.07, 6.45) is 4.28. The van der Waals surface area contributed by atoms with Gasteiger partial charge in [0.15, 0.2) is 0 Å². The lowest BCUT2D eigenvalue weighted by molar-refractivity contribution is -0.130. The Morgan fingerprint density at radius 1 is 1.69 bits per heavy atom. The smallest absolute Gasteiger partial charge is 0.226 e. The maximum atomic E-state index is 11.6. The van der Waals surface area contributed by atoms with Gasteiger partial charge in [-0.25, -0.2) is 0 Å². The van der Waals surface area contributed by atoms with Gasteiger partial charge in [-0.2, -0.15) is 0 Å². The Bertz CT molecular complexity index is 232. The third kappa shape index (κ3) is 2.20. The summed E-state index contributed by atoms with van der Waals surface area (Å²) in [5.74, 6) is 0.181. The summed E-state index contributed by atoms with van der Waals surface area (Å²) in [4.78, 5) is 13.5. The summed E-state index contributed by atoms with van der Waals surface area (Å²) in [6, 6.07) is 0.271. The summed E-state index contributed by atoms with van der Waals surface area (Å²) >= 11 is 0. The maximum Gasteiger partial charge on any atom is 0.226 e. The van der Waals surface area contributed by atoms with E-state index >= 15 is 0 Å². The van der Waals surface area contributed by atoms with Crippen LogP contribution in [0.15, 0.2) is 24.8 Å². The molecule has 0 bridgehead atoms. The van der Waals surface area contributed by atoms with E-state index in [1.54, 1.807) is 6.08 Å². The van der Waals surface area contributed by atoms with Gasteiger partial charge in [0.25, 0.3) is 0 Å². The van der Waals surface area contributed by atoms with E-state index in [2.05, 4.69) is 13.2 Å². The van der Waals surface area contributed by atoms with Crippen molar-refractivity contribution in [3.63, 3.8) is 0 Å². The first-order valence-corrected chi connectivity index (χ1v) is 4.72. The van der Waals surface area contributed by atoms with Gasteiger partial charge in [0.2, 0.25) is 5.91 Å². The summed E-state index contributed by atoms with van der Waals surface area (Å²) in [7, 11) is 0. The Morgan fingerprint density at radius 2 is 2.38 bits per heavy atom. The lowest BCUT2D eigenvalue weighted by Crippen LogP contribution is -2.35. The standard InChI is InChI=1S/C11H17NO/c1-4-6-11(13)12-8-5-7-10(12)9(2)3/h4,10H,1-2,5-8H2,3H3/t10-/m0/s1. The first-order valence-electron chi connectivity index (χ1n) is 4.72. The molecule has 1 atom stereocenters. The Labute approximate surface area is 79.9 Å². The lowest BCUT2D eigenvalue weighted by Gasteiger charge is -2.24. The van der Waals surface area contributed by atoms with E-state index in [9.17, 15) is 4.79 Å². The Balaban J connectivity index is 2.62. The molecule has 0 spiro atoms. The predicted molar refractivity (Wildman–Crippen MR) is 54.4 cm³/mol. The minimum atomic E-state index is 0.181. The molecule has 2 heteroatoms. The molecular formula is C11H17NO. The summed E-state index contributed by atoms with van der Waals surface area (Å²) in [6.45, 7) is 10.4. The van der Waals surface area contributed by atoms with E-state index in [1.807, 2.05) is 11.8 Å². The van der Waals surface area contributed by atoms with Crippen LogP contribution in [0.3, 0.4) is 0 Å². The van der Waals surface area contributed by atoms with Gasteiger partial charge in [0.05, 0.1) is 6.04 Å². The molecule has 0 N–H and O–H groups in total. The van der Waals surface area contributed by atoms with Crippen LogP contribution in [0, 0.1) is 0 Å². The van der Waals surface area contributed by atoms with Crippen LogP contribution in [0.4, 0.5) is 0 Å². The van der Waals surface area contributed by atoms with Gasteiger partial charge < -0.3 is 4.90 Å². The molecule has 1 fully saturated rings. The fourth-order valence-corrected chi connectivity index (χ4v) is 1.82. The SMILES string of the molecule is C=CCC(=O)N1CCC[C@H]1C(=C)C. The zero-order valence-corrected chi connectivity index (χ0v) is 8.25. The molecule has 0 radical (unpaired) electrons. The first-order chi connectivity index (χ1) is 6.16. The molecule has 13 heavy (non-hydrogen) atoms. The molecule has 1 amide bonds. The number of hydrogen-bond donors (Lipinski definition) is 0. The average Bonchev–Trinajstić information content (AvgIpc) is 2.52. The summed E-state index contributed by atoms with van der Waals surface area (Å²) < 4.78 is 0. The molecule has 1 rings (SSSR count). The van der Waals surface area contributed by atoms with E-state index in [0.29, 0.717) is 6.42 Å². The fourth-order valence-electron chi connectivity index (χ4n) is 1.82. The van der Waals surface area contributed by atoms with Crippen LogP contribution < -0.4 is 0 Å². The van der Waals surface area contributed by atoms with Gasteiger partial charge in [0, 0.05) is 13.0 Å². The first kappa shape index (κ1) is 10.0. The summed E-state index contributed by atoms with van der Waals surface area (Å²) in [5.41, 5.74) is 1.09. The molecule has 0 aliphatic carbocycles. The van der Waals surface area contributed by atoms with Crippen molar-refractivity contribution < 1.29 is 4.79 Å². The van der Waals surface area contributed by atoms with Crippen LogP contribution in [-0.2, 0) is 4.79 Å². The minimum absolute atomic E-state index is 0.181. The number of carbonyl (C=O) groups excluding carboxylic acids is 1. The molecule has 72 valence electrons. The van der Waals surface area contributed by atoms with Crippen molar-refractivity contribution in [2.24, 2.45) is 0 Å². The van der Waals surface area contributed by atoms with Crippen molar-refractivity contribution in [3.05, 3.63) is 24.8 Å². The molecule has 0 unspecified atom stereocenters. The average molecular weight is 179 g/mol. The topological polar surface area (TPSA) is 20.3 Å². The van der Waals surface area contributed by atoms with Gasteiger partial charge in [0.1, 0.15) is 0 Å². The molecule has 1 aliphatic heterocycles. The van der Waals surface area contributed by atoms with E-state index in [-0.39, 0.29) is 11.9 Å².